The fourth-order valence-electron chi connectivity index (χ4n) is 0. The van der Waals surface area contributed by atoms with Crippen LogP contribution in [0.15, 0.2) is 0 Å². The molecule has 0 aliphatic carbocycles. The predicted molar refractivity (Wildman–Crippen MR) is 99.6 cm³/mol. The van der Waals surface area contributed by atoms with Gasteiger partial charge in [0.05, 0.1) is 11.9 Å². The molecule has 0 N–H and O–H groups in total. The first-order chi connectivity index (χ1) is 5.89. The molecule has 0 bridgehead atoms. The van der Waals surface area contributed by atoms with E-state index < -0.39 is 10.8 Å². The van der Waals surface area contributed by atoms with Crippen molar-refractivity contribution < 1.29 is 36.3 Å². The van der Waals surface area contributed by atoms with Crippen molar-refractivity contribution in [3.63, 3.8) is 0 Å². The largest absolute Gasteiger partial charge is 2.00 e. The molecule has 0 aliphatic rings. The van der Waals surface area contributed by atoms with E-state index in [4.69, 9.17) is 0 Å². The predicted octanol–water partition coefficient (Wildman–Crippen LogP) is 1.39. The molecule has 0 heterocycles. The summed E-state index contributed by atoms with van der Waals surface area (Å²) in [6, 6.07) is 0. The summed E-state index contributed by atoms with van der Waals surface area (Å²) in [5, 5.41) is 19.8. The molecule has 0 aliphatic heterocycles. The van der Waals surface area contributed by atoms with Gasteiger partial charge in [-0.15, -0.1) is 0 Å². The number of carboxylic acids is 2. The summed E-state index contributed by atoms with van der Waals surface area (Å²) in [6.07, 6.45) is 0. The maximum absolute atomic E-state index is 9.89. The van der Waals surface area contributed by atoms with Gasteiger partial charge < -0.3 is 19.8 Å². The van der Waals surface area contributed by atoms with Gasteiger partial charge in [0.2, 0.25) is 0 Å². The maximum Gasteiger partial charge on any atom is 2.00 e. The summed E-state index contributed by atoms with van der Waals surface area (Å²) in [4.78, 5) is 19.8. The Morgan fingerprint density at radius 3 is 0.800 bits per heavy atom. The average molecular weight is 932 g/mol. The van der Waals surface area contributed by atoms with Crippen LogP contribution in [0, 0.1) is 0 Å². The van der Waals surface area contributed by atoms with Gasteiger partial charge in [-0.1, -0.05) is 0 Å². The molecule has 0 aromatic rings. The minimum absolute atomic E-state index is 0. The third-order valence-corrected chi connectivity index (χ3v) is 3.11. The van der Waals surface area contributed by atoms with Gasteiger partial charge in [-0.3, -0.25) is 0 Å². The molecular weight excluding hydrogens is 932 g/mol. The van der Waals surface area contributed by atoms with Crippen LogP contribution >= 0.6 is 136 Å². The topological polar surface area (TPSA) is 80.3 Å². The van der Waals surface area contributed by atoms with Crippen LogP contribution in [0.2, 0.25) is 0 Å². The maximum atomic E-state index is 9.89. The minimum atomic E-state index is -1.05. The number of rotatable bonds is 2. The number of carbonyl (C=O) groups excluding carboxylic acids is 2. The minimum Gasteiger partial charge on any atom is -0.547 e. The standard InChI is InChI=1S/2C2HI3O2.Ni/c2*3-2(4,5)1(6)7;/h2*(H,6,7);/q;;+2/p-2. The smallest absolute Gasteiger partial charge is 0.547 e. The van der Waals surface area contributed by atoms with Crippen LogP contribution in [-0.4, -0.2) is 10.8 Å². The Bertz CT molecular complexity index is 196. The fraction of sp³-hybridized carbons (Fsp3) is 0.500. The van der Waals surface area contributed by atoms with Crippen LogP contribution in [0.3, 0.4) is 0 Å². The van der Waals surface area contributed by atoms with E-state index in [9.17, 15) is 19.8 Å². The van der Waals surface area contributed by atoms with E-state index in [1.54, 1.807) is 136 Å². The number of carbonyl (C=O) groups is 2. The van der Waals surface area contributed by atoms with E-state index in [2.05, 4.69) is 0 Å². The van der Waals surface area contributed by atoms with E-state index in [0.717, 1.165) is 0 Å². The van der Waals surface area contributed by atoms with Gasteiger partial charge in [-0.2, -0.15) is 0 Å². The Morgan fingerprint density at radius 2 is 0.800 bits per heavy atom. The van der Waals surface area contributed by atoms with Gasteiger partial charge in [0.15, 0.2) is -1.13 Å². The molecule has 4 nitrogen and oxygen atoms in total. The Hall–Kier alpha value is 3.81. The number of hydrogen-bond donors (Lipinski definition) is 0. The third-order valence-electron chi connectivity index (χ3n) is 0.463. The van der Waals surface area contributed by atoms with Crippen molar-refractivity contribution in [2.45, 2.75) is -1.13 Å². The molecule has 0 unspecified atom stereocenters. The van der Waals surface area contributed by atoms with Gasteiger partial charge in [0.1, 0.15) is 0 Å². The second kappa shape index (κ2) is 10.6. The summed E-state index contributed by atoms with van der Waals surface area (Å²) in [5.41, 5.74) is 0. The molecule has 0 aromatic heterocycles. The summed E-state index contributed by atoms with van der Waals surface area (Å²) in [6.45, 7) is 0. The van der Waals surface area contributed by atoms with Crippen LogP contribution in [0.4, 0.5) is 0 Å². The molecule has 0 spiro atoms. The van der Waals surface area contributed by atoms with Crippen molar-refractivity contribution in [1.82, 2.24) is 0 Å². The number of aliphatic carboxylic acids is 2. The molecule has 0 amide bonds. The first-order valence-electron chi connectivity index (χ1n) is 2.45. The quantitative estimate of drug-likeness (QED) is 0.239. The van der Waals surface area contributed by atoms with Crippen molar-refractivity contribution >= 4 is 147 Å². The Balaban J connectivity index is -0.000000180. The molecule has 92 valence electrons. The molecule has 0 rings (SSSR count). The molecule has 0 aromatic carbocycles. The van der Waals surface area contributed by atoms with Crippen LogP contribution in [0.5, 0.6) is 0 Å². The monoisotopic (exact) mass is 931 g/mol. The number of hydrogen-bond acceptors (Lipinski definition) is 4. The van der Waals surface area contributed by atoms with Crippen LogP contribution in [-0.2, 0) is 26.1 Å². The van der Waals surface area contributed by atoms with Crippen molar-refractivity contribution in [1.29, 1.82) is 0 Å². The van der Waals surface area contributed by atoms with Crippen molar-refractivity contribution in [3.05, 3.63) is 0 Å². The van der Waals surface area contributed by atoms with Gasteiger partial charge in [-0.25, -0.2) is 0 Å². The second-order valence-electron chi connectivity index (χ2n) is 1.57. The van der Waals surface area contributed by atoms with Crippen LogP contribution < -0.4 is 10.2 Å². The zero-order valence-electron chi connectivity index (χ0n) is 6.22. The normalized spacial score (nSPS) is 10.5. The summed E-state index contributed by atoms with van der Waals surface area (Å²) in [7, 11) is 0. The summed E-state index contributed by atoms with van der Waals surface area (Å²) < 4.78 is -1.57. The van der Waals surface area contributed by atoms with E-state index >= 15 is 0 Å². The van der Waals surface area contributed by atoms with E-state index in [1.165, 1.54) is 0 Å². The van der Waals surface area contributed by atoms with E-state index in [1.807, 2.05) is 0 Å². The first-order valence-corrected chi connectivity index (χ1v) is 8.92. The Morgan fingerprint density at radius 1 is 0.733 bits per heavy atom. The fourth-order valence-corrected chi connectivity index (χ4v) is 0. The van der Waals surface area contributed by atoms with E-state index in [-0.39, 0.29) is 16.5 Å². The third kappa shape index (κ3) is 17.8. The second-order valence-corrected chi connectivity index (χ2v) is 23.7. The molecule has 0 saturated heterocycles. The van der Waals surface area contributed by atoms with E-state index in [0.29, 0.717) is 0 Å². The summed E-state index contributed by atoms with van der Waals surface area (Å²) >= 11 is 10.7. The van der Waals surface area contributed by atoms with Crippen molar-refractivity contribution in [3.8, 4) is 0 Å². The van der Waals surface area contributed by atoms with Crippen LogP contribution in [0.1, 0.15) is 0 Å². The van der Waals surface area contributed by atoms with Gasteiger partial charge >= 0.3 is 16.5 Å². The Labute approximate surface area is 178 Å². The first kappa shape index (κ1) is 23.9. The van der Waals surface area contributed by atoms with Crippen LogP contribution in [0.25, 0.3) is 0 Å². The number of halogens is 6. The molecule has 0 radical (unpaired) electrons. The van der Waals surface area contributed by atoms with Crippen molar-refractivity contribution in [2.24, 2.45) is 0 Å². The molecule has 0 atom stereocenters. The van der Waals surface area contributed by atoms with Crippen molar-refractivity contribution in [2.75, 3.05) is 0 Å². The SMILES string of the molecule is O=C([O-])C(I)(I)I.O=C([O-])C(I)(I)I.[Ni+2]. The van der Waals surface area contributed by atoms with Gasteiger partial charge in [0, 0.05) is 0 Å². The molecule has 0 saturated carbocycles. The molecular formula is C4I6NiO4. The molecule has 11 heteroatoms. The van der Waals surface area contributed by atoms with Gasteiger partial charge in [0.25, 0.3) is 0 Å². The number of alkyl halides is 6. The molecule has 0 fully saturated rings. The number of carboxylic acid groups (broad SMARTS) is 2. The zero-order chi connectivity index (χ0) is 12.2. The van der Waals surface area contributed by atoms with Gasteiger partial charge in [-0.05, 0) is 136 Å². The summed E-state index contributed by atoms with van der Waals surface area (Å²) in [5.74, 6) is -2.09. The Kier molecular flexibility index (Phi) is 16.8. The average Bonchev–Trinajstić information content (AvgIpc) is 1.83. The zero-order valence-corrected chi connectivity index (χ0v) is 20.1. The molecule has 15 heavy (non-hydrogen) atoms.